The highest BCUT2D eigenvalue weighted by Gasteiger charge is 2.43. The first kappa shape index (κ1) is 15.3. The number of nitrogens with zero attached hydrogens (tertiary/aromatic N) is 1. The van der Waals surface area contributed by atoms with Crippen molar-refractivity contribution in [3.05, 3.63) is 78.4 Å². The molecule has 2 heteroatoms. The zero-order chi connectivity index (χ0) is 15.6. The van der Waals surface area contributed by atoms with Gasteiger partial charge in [0.05, 0.1) is 0 Å². The molecule has 0 amide bonds. The number of hydrogen-bond acceptors (Lipinski definition) is 1. The highest BCUT2D eigenvalue weighted by atomic mass is 28.3. The molecule has 0 saturated heterocycles. The van der Waals surface area contributed by atoms with Gasteiger partial charge in [-0.15, -0.1) is 0 Å². The summed E-state index contributed by atoms with van der Waals surface area (Å²) < 4.78 is 0. The topological polar surface area (TPSA) is 3.24 Å². The standard InChI is InChI=1S/C20H25NSi/c1-21(2)16-17-10-4-9-15-20(17)22(3,18-11-5-6-12-18)19-13-7-8-14-19/h4-15,18-19H,16H2,1-3H3. The lowest BCUT2D eigenvalue weighted by Crippen LogP contribution is -2.52. The van der Waals surface area contributed by atoms with Crippen LogP contribution in [0, 0.1) is 0 Å². The second-order valence-corrected chi connectivity index (χ2v) is 11.2. The Morgan fingerprint density at radius 3 is 1.86 bits per heavy atom. The van der Waals surface area contributed by atoms with Gasteiger partial charge in [0.2, 0.25) is 0 Å². The first-order valence-corrected chi connectivity index (χ1v) is 10.7. The van der Waals surface area contributed by atoms with Crippen molar-refractivity contribution in [3.8, 4) is 0 Å². The van der Waals surface area contributed by atoms with Crippen molar-refractivity contribution in [1.82, 2.24) is 4.90 Å². The lowest BCUT2D eigenvalue weighted by molar-refractivity contribution is 0.403. The van der Waals surface area contributed by atoms with Gasteiger partial charge in [-0.05, 0) is 30.7 Å². The summed E-state index contributed by atoms with van der Waals surface area (Å²) >= 11 is 0. The molecule has 0 spiro atoms. The van der Waals surface area contributed by atoms with Crippen molar-refractivity contribution in [3.63, 3.8) is 0 Å². The van der Waals surface area contributed by atoms with Gasteiger partial charge in [0.25, 0.3) is 0 Å². The maximum Gasteiger partial charge on any atom is 0.105 e. The Labute approximate surface area is 135 Å². The predicted octanol–water partition coefficient (Wildman–Crippen LogP) is 4.03. The Kier molecular flexibility index (Phi) is 4.32. The zero-order valence-electron chi connectivity index (χ0n) is 13.7. The molecule has 0 bridgehead atoms. The summed E-state index contributed by atoms with van der Waals surface area (Å²) in [6.07, 6.45) is 18.5. The van der Waals surface area contributed by atoms with E-state index in [9.17, 15) is 0 Å². The van der Waals surface area contributed by atoms with Crippen LogP contribution in [0.25, 0.3) is 0 Å². The third-order valence-corrected chi connectivity index (χ3v) is 10.2. The summed E-state index contributed by atoms with van der Waals surface area (Å²) in [5.41, 5.74) is 2.64. The van der Waals surface area contributed by atoms with Crippen LogP contribution in [0.1, 0.15) is 5.56 Å². The van der Waals surface area contributed by atoms with E-state index in [1.54, 1.807) is 5.19 Å². The normalized spacial score (nSPS) is 18.2. The lowest BCUT2D eigenvalue weighted by Gasteiger charge is -2.38. The third-order valence-electron chi connectivity index (χ3n) is 4.97. The highest BCUT2D eigenvalue weighted by Crippen LogP contribution is 2.41. The Morgan fingerprint density at radius 2 is 1.36 bits per heavy atom. The smallest absolute Gasteiger partial charge is 0.105 e. The maximum absolute atomic E-state index is 2.55. The van der Waals surface area contributed by atoms with Crippen LogP contribution in [0.15, 0.2) is 72.9 Å². The van der Waals surface area contributed by atoms with E-state index in [1.165, 1.54) is 5.56 Å². The molecule has 0 fully saturated rings. The molecule has 1 aromatic rings. The molecule has 0 saturated carbocycles. The van der Waals surface area contributed by atoms with Gasteiger partial charge in [-0.1, -0.05) is 84.6 Å². The molecule has 22 heavy (non-hydrogen) atoms. The molecule has 1 aromatic carbocycles. The average molecular weight is 308 g/mol. The van der Waals surface area contributed by atoms with Crippen molar-refractivity contribution in [1.29, 1.82) is 0 Å². The van der Waals surface area contributed by atoms with Gasteiger partial charge < -0.3 is 4.90 Å². The van der Waals surface area contributed by atoms with Crippen LogP contribution >= 0.6 is 0 Å². The average Bonchev–Trinajstić information content (AvgIpc) is 3.20. The molecule has 3 rings (SSSR count). The van der Waals surface area contributed by atoms with Crippen LogP contribution in [0.5, 0.6) is 0 Å². The Balaban J connectivity index is 2.10. The molecule has 0 radical (unpaired) electrons. The van der Waals surface area contributed by atoms with E-state index in [0.29, 0.717) is 11.1 Å². The van der Waals surface area contributed by atoms with Gasteiger partial charge >= 0.3 is 0 Å². The Bertz CT molecular complexity index is 599. The minimum Gasteiger partial charge on any atom is -0.305 e. The summed E-state index contributed by atoms with van der Waals surface area (Å²) in [5.74, 6) is 0. The fourth-order valence-corrected chi connectivity index (χ4v) is 8.28. The lowest BCUT2D eigenvalue weighted by atomic mass is 10.2. The number of benzene rings is 1. The Morgan fingerprint density at radius 1 is 0.864 bits per heavy atom. The minimum atomic E-state index is -1.74. The molecule has 1 nitrogen and oxygen atoms in total. The van der Waals surface area contributed by atoms with E-state index in [-0.39, 0.29) is 0 Å². The highest BCUT2D eigenvalue weighted by molar-refractivity contribution is 6.95. The fourth-order valence-electron chi connectivity index (χ4n) is 3.77. The van der Waals surface area contributed by atoms with Gasteiger partial charge in [-0.25, -0.2) is 0 Å². The van der Waals surface area contributed by atoms with E-state index >= 15 is 0 Å². The van der Waals surface area contributed by atoms with E-state index < -0.39 is 8.07 Å². The van der Waals surface area contributed by atoms with E-state index in [1.807, 2.05) is 0 Å². The fraction of sp³-hybridized carbons (Fsp3) is 0.300. The molecule has 0 aliphatic heterocycles. The Hall–Kier alpha value is -1.64. The molecule has 114 valence electrons. The first-order chi connectivity index (χ1) is 10.6. The van der Waals surface area contributed by atoms with Gasteiger partial charge in [0, 0.05) is 6.54 Å². The van der Waals surface area contributed by atoms with Crippen molar-refractivity contribution < 1.29 is 0 Å². The number of hydrogen-bond donors (Lipinski definition) is 0. The van der Waals surface area contributed by atoms with Crippen molar-refractivity contribution in [2.24, 2.45) is 0 Å². The minimum absolute atomic E-state index is 0.577. The first-order valence-electron chi connectivity index (χ1n) is 8.05. The molecule has 0 atom stereocenters. The molecule has 2 aliphatic carbocycles. The summed E-state index contributed by atoms with van der Waals surface area (Å²) in [7, 11) is 2.56. The molecular formula is C20H25NSi. The zero-order valence-corrected chi connectivity index (χ0v) is 14.7. The van der Waals surface area contributed by atoms with Gasteiger partial charge in [-0.3, -0.25) is 0 Å². The molecule has 0 heterocycles. The van der Waals surface area contributed by atoms with Crippen LogP contribution in [0.3, 0.4) is 0 Å². The largest absolute Gasteiger partial charge is 0.305 e. The van der Waals surface area contributed by atoms with Crippen molar-refractivity contribution in [2.75, 3.05) is 14.1 Å². The monoisotopic (exact) mass is 307 g/mol. The molecule has 0 unspecified atom stereocenters. The van der Waals surface area contributed by atoms with Crippen LogP contribution in [-0.2, 0) is 6.54 Å². The van der Waals surface area contributed by atoms with Gasteiger partial charge in [0.1, 0.15) is 8.07 Å². The molecule has 0 aromatic heterocycles. The summed E-state index contributed by atoms with van der Waals surface area (Å²) in [4.78, 5) is 2.27. The summed E-state index contributed by atoms with van der Waals surface area (Å²) in [6.45, 7) is 3.57. The van der Waals surface area contributed by atoms with Gasteiger partial charge in [-0.2, -0.15) is 0 Å². The second kappa shape index (κ2) is 6.23. The van der Waals surface area contributed by atoms with Crippen LogP contribution < -0.4 is 5.19 Å². The van der Waals surface area contributed by atoms with Crippen LogP contribution in [-0.4, -0.2) is 27.1 Å². The molecule has 2 aliphatic rings. The molecule has 0 N–H and O–H groups in total. The maximum atomic E-state index is 2.55. The third kappa shape index (κ3) is 2.69. The number of allylic oxidation sites excluding steroid dienone is 8. The van der Waals surface area contributed by atoms with Gasteiger partial charge in [0.15, 0.2) is 0 Å². The van der Waals surface area contributed by atoms with E-state index in [4.69, 9.17) is 0 Å². The number of rotatable bonds is 5. The summed E-state index contributed by atoms with van der Waals surface area (Å²) in [5, 5.41) is 1.60. The van der Waals surface area contributed by atoms with Crippen LogP contribution in [0.2, 0.25) is 17.6 Å². The van der Waals surface area contributed by atoms with Crippen LogP contribution in [0.4, 0.5) is 0 Å². The van der Waals surface area contributed by atoms with E-state index in [2.05, 4.69) is 98.4 Å². The molecular weight excluding hydrogens is 282 g/mol. The van der Waals surface area contributed by atoms with Crippen molar-refractivity contribution in [2.45, 2.75) is 24.2 Å². The predicted molar refractivity (Wildman–Crippen MR) is 99.1 cm³/mol. The van der Waals surface area contributed by atoms with Crippen molar-refractivity contribution >= 4 is 13.3 Å². The second-order valence-electron chi connectivity index (χ2n) is 6.77. The quantitative estimate of drug-likeness (QED) is 0.743. The summed E-state index contributed by atoms with van der Waals surface area (Å²) in [6, 6.07) is 9.08. The van der Waals surface area contributed by atoms with E-state index in [0.717, 1.165) is 6.54 Å². The SMILES string of the molecule is CN(C)Cc1ccccc1[Si](C)(C1C=CC=C1)C1C=CC=C1.